The molecule has 1 fully saturated rings. The highest BCUT2D eigenvalue weighted by atomic mass is 19.4. The van der Waals surface area contributed by atoms with Gasteiger partial charge in [0.2, 0.25) is 5.91 Å². The summed E-state index contributed by atoms with van der Waals surface area (Å²) >= 11 is 0. The molecule has 0 aliphatic carbocycles. The Kier molecular flexibility index (Phi) is 4.98. The van der Waals surface area contributed by atoms with Gasteiger partial charge in [-0.05, 0) is 12.8 Å². The lowest BCUT2D eigenvalue weighted by molar-refractivity contribution is -0.202. The van der Waals surface area contributed by atoms with E-state index in [1.54, 1.807) is 0 Å². The molecule has 0 aromatic heterocycles. The Bertz CT molecular complexity index is 349. The molecule has 6 nitrogen and oxygen atoms in total. The quantitative estimate of drug-likeness (QED) is 0.670. The number of carbonyl (C=O) groups is 2. The molecular weight excluding hydrogens is 267 g/mol. The van der Waals surface area contributed by atoms with Gasteiger partial charge in [0.15, 0.2) is 6.10 Å². The molecule has 0 aromatic carbocycles. The number of nitrogens with one attached hydrogen (secondary N) is 1. The first-order valence-electron chi connectivity index (χ1n) is 5.78. The van der Waals surface area contributed by atoms with Gasteiger partial charge in [0.1, 0.15) is 0 Å². The van der Waals surface area contributed by atoms with Crippen LogP contribution in [0.1, 0.15) is 12.8 Å². The molecule has 0 radical (unpaired) electrons. The lowest BCUT2D eigenvalue weighted by Gasteiger charge is -2.30. The van der Waals surface area contributed by atoms with E-state index in [9.17, 15) is 22.8 Å². The lowest BCUT2D eigenvalue weighted by atomic mass is 9.97. The van der Waals surface area contributed by atoms with Crippen molar-refractivity contribution in [3.63, 3.8) is 0 Å². The lowest BCUT2D eigenvalue weighted by Crippen LogP contribution is -2.49. The summed E-state index contributed by atoms with van der Waals surface area (Å²) in [6, 6.07) is -0.659. The SMILES string of the molecule is NC(=O)N1CCCC(C(=O)NCC(O)C(F)(F)F)C1. The number of urea groups is 1. The maximum Gasteiger partial charge on any atom is 0.416 e. The number of halogens is 3. The van der Waals surface area contributed by atoms with E-state index in [4.69, 9.17) is 10.8 Å². The number of likely N-dealkylation sites (tertiary alicyclic amines) is 1. The van der Waals surface area contributed by atoms with Gasteiger partial charge in [-0.15, -0.1) is 0 Å². The summed E-state index contributed by atoms with van der Waals surface area (Å²) in [4.78, 5) is 23.8. The normalized spacial score (nSPS) is 21.9. The van der Waals surface area contributed by atoms with Crippen molar-refractivity contribution in [3.8, 4) is 0 Å². The number of rotatable bonds is 3. The Morgan fingerprint density at radius 3 is 2.63 bits per heavy atom. The highest BCUT2D eigenvalue weighted by molar-refractivity contribution is 5.80. The molecule has 1 saturated heterocycles. The Hall–Kier alpha value is -1.51. The van der Waals surface area contributed by atoms with Crippen LogP contribution in [0.3, 0.4) is 0 Å². The Morgan fingerprint density at radius 1 is 1.47 bits per heavy atom. The van der Waals surface area contributed by atoms with Gasteiger partial charge in [0.05, 0.1) is 12.5 Å². The van der Waals surface area contributed by atoms with Crippen molar-refractivity contribution in [2.24, 2.45) is 11.7 Å². The molecule has 4 N–H and O–H groups in total. The number of hydrogen-bond donors (Lipinski definition) is 3. The fraction of sp³-hybridized carbons (Fsp3) is 0.800. The van der Waals surface area contributed by atoms with Gasteiger partial charge in [0, 0.05) is 13.1 Å². The smallest absolute Gasteiger partial charge is 0.382 e. The number of nitrogens with two attached hydrogens (primary N) is 1. The van der Waals surface area contributed by atoms with Crippen LogP contribution in [0.25, 0.3) is 0 Å². The third-order valence-corrected chi connectivity index (χ3v) is 2.95. The molecule has 0 bridgehead atoms. The molecule has 0 saturated carbocycles. The molecule has 0 spiro atoms. The second kappa shape index (κ2) is 6.09. The minimum Gasteiger partial charge on any atom is -0.382 e. The van der Waals surface area contributed by atoms with Gasteiger partial charge in [-0.25, -0.2) is 4.79 Å². The second-order valence-electron chi connectivity index (χ2n) is 4.43. The first-order valence-corrected chi connectivity index (χ1v) is 5.78. The van der Waals surface area contributed by atoms with Crippen molar-refractivity contribution in [3.05, 3.63) is 0 Å². The topological polar surface area (TPSA) is 95.7 Å². The average Bonchev–Trinajstić information content (AvgIpc) is 2.34. The van der Waals surface area contributed by atoms with E-state index >= 15 is 0 Å². The Labute approximate surface area is 107 Å². The monoisotopic (exact) mass is 283 g/mol. The number of aliphatic hydroxyl groups excluding tert-OH is 1. The fourth-order valence-electron chi connectivity index (χ4n) is 1.85. The van der Waals surface area contributed by atoms with Gasteiger partial charge in [0.25, 0.3) is 0 Å². The molecule has 1 aliphatic heterocycles. The molecule has 0 aromatic rings. The zero-order valence-corrected chi connectivity index (χ0v) is 10.1. The molecule has 19 heavy (non-hydrogen) atoms. The Balaban J connectivity index is 2.43. The van der Waals surface area contributed by atoms with Crippen LogP contribution < -0.4 is 11.1 Å². The van der Waals surface area contributed by atoms with E-state index in [0.717, 1.165) is 0 Å². The minimum atomic E-state index is -4.76. The molecule has 2 unspecified atom stereocenters. The van der Waals surface area contributed by atoms with Crippen LogP contribution in [0.2, 0.25) is 0 Å². The molecule has 1 heterocycles. The van der Waals surface area contributed by atoms with Crippen molar-refractivity contribution in [1.29, 1.82) is 0 Å². The number of amides is 3. The summed E-state index contributed by atoms with van der Waals surface area (Å²) in [7, 11) is 0. The number of piperidine rings is 1. The zero-order valence-electron chi connectivity index (χ0n) is 10.1. The largest absolute Gasteiger partial charge is 0.416 e. The van der Waals surface area contributed by atoms with E-state index in [-0.39, 0.29) is 6.54 Å². The van der Waals surface area contributed by atoms with E-state index in [1.807, 2.05) is 5.32 Å². The van der Waals surface area contributed by atoms with E-state index in [2.05, 4.69) is 0 Å². The number of hydrogen-bond acceptors (Lipinski definition) is 3. The zero-order chi connectivity index (χ0) is 14.6. The van der Waals surface area contributed by atoms with E-state index in [1.165, 1.54) is 4.90 Å². The average molecular weight is 283 g/mol. The predicted octanol–water partition coefficient (Wildman–Crippen LogP) is -0.184. The van der Waals surface area contributed by atoms with Crippen molar-refractivity contribution in [2.75, 3.05) is 19.6 Å². The highest BCUT2D eigenvalue weighted by Crippen LogP contribution is 2.20. The van der Waals surface area contributed by atoms with Gasteiger partial charge < -0.3 is 21.1 Å². The predicted molar refractivity (Wildman–Crippen MR) is 59.0 cm³/mol. The summed E-state index contributed by atoms with van der Waals surface area (Å²) in [6.07, 6.45) is -6.33. The minimum absolute atomic E-state index is 0.0866. The van der Waals surface area contributed by atoms with Crippen LogP contribution in [-0.2, 0) is 4.79 Å². The van der Waals surface area contributed by atoms with Gasteiger partial charge in [-0.2, -0.15) is 13.2 Å². The molecule has 3 amide bonds. The molecule has 2 atom stereocenters. The number of aliphatic hydroxyl groups is 1. The van der Waals surface area contributed by atoms with E-state index < -0.39 is 36.7 Å². The number of carbonyl (C=O) groups excluding carboxylic acids is 2. The van der Waals surface area contributed by atoms with Crippen LogP contribution in [0.15, 0.2) is 0 Å². The van der Waals surface area contributed by atoms with Crippen LogP contribution in [0, 0.1) is 5.92 Å². The summed E-state index contributed by atoms with van der Waals surface area (Å²) < 4.78 is 36.1. The number of alkyl halides is 3. The maximum atomic E-state index is 12.0. The number of nitrogens with zero attached hydrogens (tertiary/aromatic N) is 1. The van der Waals surface area contributed by atoms with Crippen molar-refractivity contribution >= 4 is 11.9 Å². The molecule has 9 heteroatoms. The van der Waals surface area contributed by atoms with E-state index in [0.29, 0.717) is 19.4 Å². The van der Waals surface area contributed by atoms with Crippen LogP contribution in [0.4, 0.5) is 18.0 Å². The molecule has 1 aliphatic rings. The third kappa shape index (κ3) is 4.58. The summed E-state index contributed by atoms with van der Waals surface area (Å²) in [5, 5.41) is 10.8. The van der Waals surface area contributed by atoms with Gasteiger partial charge in [-0.3, -0.25) is 4.79 Å². The summed E-state index contributed by atoms with van der Waals surface area (Å²) in [5.41, 5.74) is 5.08. The van der Waals surface area contributed by atoms with Crippen molar-refractivity contribution < 1.29 is 27.9 Å². The first-order chi connectivity index (χ1) is 8.71. The molecular formula is C10H16F3N3O3. The Morgan fingerprint density at radius 2 is 2.11 bits per heavy atom. The van der Waals surface area contributed by atoms with Crippen molar-refractivity contribution in [2.45, 2.75) is 25.1 Å². The first kappa shape index (κ1) is 15.5. The summed E-state index contributed by atoms with van der Waals surface area (Å²) in [5.74, 6) is -1.21. The number of primary amides is 1. The summed E-state index contributed by atoms with van der Waals surface area (Å²) in [6.45, 7) is -0.372. The fourth-order valence-corrected chi connectivity index (χ4v) is 1.85. The van der Waals surface area contributed by atoms with Gasteiger partial charge in [-0.1, -0.05) is 0 Å². The maximum absolute atomic E-state index is 12.0. The standard InChI is InChI=1S/C10H16F3N3O3/c11-10(12,13)7(17)4-15-8(18)6-2-1-3-16(5-6)9(14)19/h6-7,17H,1-5H2,(H2,14,19)(H,15,18). The van der Waals surface area contributed by atoms with Crippen LogP contribution >= 0.6 is 0 Å². The van der Waals surface area contributed by atoms with Crippen LogP contribution in [0.5, 0.6) is 0 Å². The van der Waals surface area contributed by atoms with Crippen LogP contribution in [-0.4, -0.2) is 53.9 Å². The third-order valence-electron chi connectivity index (χ3n) is 2.95. The van der Waals surface area contributed by atoms with Gasteiger partial charge >= 0.3 is 12.2 Å². The molecule has 110 valence electrons. The van der Waals surface area contributed by atoms with Crippen molar-refractivity contribution in [1.82, 2.24) is 10.2 Å². The molecule has 1 rings (SSSR count). The second-order valence-corrected chi connectivity index (χ2v) is 4.43. The highest BCUT2D eigenvalue weighted by Gasteiger charge is 2.38.